The molecule has 1 aliphatic heterocycles. The number of hydrogen-bond donors (Lipinski definition) is 2. The molecule has 3 N–H and O–H groups in total. The highest BCUT2D eigenvalue weighted by molar-refractivity contribution is 7.80. The molecule has 0 bridgehead atoms. The van der Waals surface area contributed by atoms with E-state index in [1.165, 1.54) is 0 Å². The van der Waals surface area contributed by atoms with Crippen LogP contribution >= 0.6 is 12.2 Å². The van der Waals surface area contributed by atoms with Gasteiger partial charge in [0, 0.05) is 25.2 Å². The molecule has 4 nitrogen and oxygen atoms in total. The summed E-state index contributed by atoms with van der Waals surface area (Å²) in [6.45, 7) is 3.12. The number of aliphatic hydroxyl groups is 1. The molecule has 1 heterocycles. The average Bonchev–Trinajstić information content (AvgIpc) is 2.75. The van der Waals surface area contributed by atoms with Gasteiger partial charge >= 0.3 is 0 Å². The van der Waals surface area contributed by atoms with E-state index in [4.69, 9.17) is 22.7 Å². The van der Waals surface area contributed by atoms with Crippen LogP contribution in [-0.2, 0) is 0 Å². The van der Waals surface area contributed by atoms with Crippen LogP contribution < -0.4 is 10.5 Å². The van der Waals surface area contributed by atoms with E-state index < -0.39 is 0 Å². The Morgan fingerprint density at radius 2 is 2.39 bits per heavy atom. The quantitative estimate of drug-likeness (QED) is 0.771. The summed E-state index contributed by atoms with van der Waals surface area (Å²) in [7, 11) is 0. The SMILES string of the molecule is NC(=S)c1cccc(OCCN2CCC(O)C2)c1. The smallest absolute Gasteiger partial charge is 0.120 e. The first-order chi connectivity index (χ1) is 8.65. The van der Waals surface area contributed by atoms with Crippen LogP contribution in [0.4, 0.5) is 0 Å². The number of thiocarbonyl (C=S) groups is 1. The maximum Gasteiger partial charge on any atom is 0.120 e. The van der Waals surface area contributed by atoms with Crippen molar-refractivity contribution >= 4 is 17.2 Å². The largest absolute Gasteiger partial charge is 0.492 e. The molecule has 1 saturated heterocycles. The van der Waals surface area contributed by atoms with Gasteiger partial charge in [0.1, 0.15) is 17.3 Å². The number of likely N-dealkylation sites (tertiary alicyclic amines) is 1. The third-order valence-corrected chi connectivity index (χ3v) is 3.28. The highest BCUT2D eigenvalue weighted by atomic mass is 32.1. The Hall–Kier alpha value is -1.17. The molecule has 1 aromatic rings. The fourth-order valence-corrected chi connectivity index (χ4v) is 2.17. The number of nitrogens with zero attached hydrogens (tertiary/aromatic N) is 1. The maximum absolute atomic E-state index is 9.40. The molecule has 1 unspecified atom stereocenters. The van der Waals surface area contributed by atoms with Crippen molar-refractivity contribution in [3.63, 3.8) is 0 Å². The van der Waals surface area contributed by atoms with Crippen LogP contribution in [-0.4, -0.2) is 47.3 Å². The zero-order valence-electron chi connectivity index (χ0n) is 10.2. The van der Waals surface area contributed by atoms with Crippen LogP contribution in [0.1, 0.15) is 12.0 Å². The van der Waals surface area contributed by atoms with Crippen LogP contribution in [0.5, 0.6) is 5.75 Å². The van der Waals surface area contributed by atoms with Crippen LogP contribution in [0, 0.1) is 0 Å². The van der Waals surface area contributed by atoms with E-state index in [1.807, 2.05) is 24.3 Å². The molecular weight excluding hydrogens is 248 g/mol. The van der Waals surface area contributed by atoms with Crippen molar-refractivity contribution in [1.82, 2.24) is 4.90 Å². The monoisotopic (exact) mass is 266 g/mol. The highest BCUT2D eigenvalue weighted by Gasteiger charge is 2.19. The van der Waals surface area contributed by atoms with Gasteiger partial charge in [-0.25, -0.2) is 0 Å². The van der Waals surface area contributed by atoms with E-state index >= 15 is 0 Å². The van der Waals surface area contributed by atoms with E-state index in [0.29, 0.717) is 11.6 Å². The second-order valence-corrected chi connectivity index (χ2v) is 4.92. The molecule has 2 rings (SSSR count). The lowest BCUT2D eigenvalue weighted by atomic mass is 10.2. The van der Waals surface area contributed by atoms with Gasteiger partial charge in [-0.05, 0) is 18.6 Å². The van der Waals surface area contributed by atoms with Gasteiger partial charge in [-0.2, -0.15) is 0 Å². The number of ether oxygens (including phenoxy) is 1. The molecule has 1 aliphatic rings. The fourth-order valence-electron chi connectivity index (χ4n) is 2.05. The first-order valence-corrected chi connectivity index (χ1v) is 6.49. The molecule has 0 aromatic heterocycles. The first kappa shape index (κ1) is 13.3. The molecule has 0 saturated carbocycles. The summed E-state index contributed by atoms with van der Waals surface area (Å²) in [5.74, 6) is 0.778. The summed E-state index contributed by atoms with van der Waals surface area (Å²) in [6.07, 6.45) is 0.680. The molecule has 98 valence electrons. The van der Waals surface area contributed by atoms with Crippen molar-refractivity contribution in [3.8, 4) is 5.75 Å². The molecule has 1 atom stereocenters. The number of rotatable bonds is 5. The van der Waals surface area contributed by atoms with Crippen molar-refractivity contribution in [1.29, 1.82) is 0 Å². The summed E-state index contributed by atoms with van der Waals surface area (Å²) in [4.78, 5) is 2.57. The van der Waals surface area contributed by atoms with E-state index in [0.717, 1.165) is 37.4 Å². The predicted molar refractivity (Wildman–Crippen MR) is 74.9 cm³/mol. The minimum atomic E-state index is -0.178. The Labute approximate surface area is 112 Å². The Morgan fingerprint density at radius 1 is 1.56 bits per heavy atom. The third-order valence-electron chi connectivity index (χ3n) is 3.04. The Balaban J connectivity index is 1.79. The van der Waals surface area contributed by atoms with Gasteiger partial charge in [0.15, 0.2) is 0 Å². The van der Waals surface area contributed by atoms with Crippen molar-refractivity contribution < 1.29 is 9.84 Å². The van der Waals surface area contributed by atoms with Crippen molar-refractivity contribution in [2.75, 3.05) is 26.2 Å². The van der Waals surface area contributed by atoms with E-state index in [9.17, 15) is 5.11 Å². The second kappa shape index (κ2) is 6.13. The lowest BCUT2D eigenvalue weighted by molar-refractivity contribution is 0.167. The molecule has 1 fully saturated rings. The highest BCUT2D eigenvalue weighted by Crippen LogP contribution is 2.14. The van der Waals surface area contributed by atoms with Crippen LogP contribution in [0.15, 0.2) is 24.3 Å². The fraction of sp³-hybridized carbons (Fsp3) is 0.462. The molecule has 1 aromatic carbocycles. The summed E-state index contributed by atoms with van der Waals surface area (Å²) >= 11 is 4.92. The van der Waals surface area contributed by atoms with Crippen LogP contribution in [0.2, 0.25) is 0 Å². The minimum absolute atomic E-state index is 0.178. The Bertz CT molecular complexity index is 425. The number of benzene rings is 1. The average molecular weight is 266 g/mol. The van der Waals surface area contributed by atoms with E-state index in [-0.39, 0.29) is 6.10 Å². The molecule has 0 aliphatic carbocycles. The third kappa shape index (κ3) is 3.66. The zero-order chi connectivity index (χ0) is 13.0. The van der Waals surface area contributed by atoms with Crippen LogP contribution in [0.3, 0.4) is 0 Å². The molecule has 0 amide bonds. The van der Waals surface area contributed by atoms with E-state index in [2.05, 4.69) is 4.90 Å². The maximum atomic E-state index is 9.40. The van der Waals surface area contributed by atoms with Crippen molar-refractivity contribution in [2.45, 2.75) is 12.5 Å². The number of hydrogen-bond acceptors (Lipinski definition) is 4. The lowest BCUT2D eigenvalue weighted by Gasteiger charge is -2.15. The molecule has 0 radical (unpaired) electrons. The van der Waals surface area contributed by atoms with Crippen LogP contribution in [0.25, 0.3) is 0 Å². The van der Waals surface area contributed by atoms with Gasteiger partial charge in [-0.3, -0.25) is 4.90 Å². The summed E-state index contributed by atoms with van der Waals surface area (Å²) in [5, 5.41) is 9.40. The lowest BCUT2D eigenvalue weighted by Crippen LogP contribution is -2.27. The summed E-state index contributed by atoms with van der Waals surface area (Å²) in [6, 6.07) is 7.48. The van der Waals surface area contributed by atoms with Gasteiger partial charge in [0.05, 0.1) is 6.10 Å². The number of β-amino-alcohol motifs (C(OH)–C–C–N with tert-alkyl or cyclic N) is 1. The standard InChI is InChI=1S/C13H18N2O2S/c14-13(18)10-2-1-3-12(8-10)17-7-6-15-5-4-11(16)9-15/h1-3,8,11,16H,4-7,9H2,(H2,14,18). The van der Waals surface area contributed by atoms with Gasteiger partial charge in [0.25, 0.3) is 0 Å². The second-order valence-electron chi connectivity index (χ2n) is 4.48. The summed E-state index contributed by atoms with van der Waals surface area (Å²) in [5.41, 5.74) is 6.38. The normalized spacial score (nSPS) is 19.9. The van der Waals surface area contributed by atoms with Gasteiger partial charge in [0.2, 0.25) is 0 Å². The first-order valence-electron chi connectivity index (χ1n) is 6.08. The summed E-state index contributed by atoms with van der Waals surface area (Å²) < 4.78 is 5.66. The van der Waals surface area contributed by atoms with Gasteiger partial charge in [-0.15, -0.1) is 0 Å². The molecule has 5 heteroatoms. The Kier molecular flexibility index (Phi) is 4.52. The Morgan fingerprint density at radius 3 is 3.06 bits per heavy atom. The minimum Gasteiger partial charge on any atom is -0.492 e. The van der Waals surface area contributed by atoms with Gasteiger partial charge < -0.3 is 15.6 Å². The number of aliphatic hydroxyl groups excluding tert-OH is 1. The molecule has 0 spiro atoms. The van der Waals surface area contributed by atoms with Crippen molar-refractivity contribution in [2.24, 2.45) is 5.73 Å². The molecular formula is C13H18N2O2S. The topological polar surface area (TPSA) is 58.7 Å². The zero-order valence-corrected chi connectivity index (χ0v) is 11.0. The van der Waals surface area contributed by atoms with E-state index in [1.54, 1.807) is 0 Å². The van der Waals surface area contributed by atoms with Gasteiger partial charge in [-0.1, -0.05) is 24.4 Å². The number of nitrogens with two attached hydrogens (primary N) is 1. The van der Waals surface area contributed by atoms with Crippen molar-refractivity contribution in [3.05, 3.63) is 29.8 Å². The predicted octanol–water partition coefficient (Wildman–Crippen LogP) is 0.766. The molecule has 18 heavy (non-hydrogen) atoms.